The quantitative estimate of drug-likeness (QED) is 0.672. The number of halogens is 1. The first-order valence-corrected chi connectivity index (χ1v) is 10.6. The summed E-state index contributed by atoms with van der Waals surface area (Å²) in [6.07, 6.45) is 5.32. The molecule has 7 nitrogen and oxygen atoms in total. The van der Waals surface area contributed by atoms with Gasteiger partial charge in [0.1, 0.15) is 11.9 Å². The summed E-state index contributed by atoms with van der Waals surface area (Å²) >= 11 is 0. The van der Waals surface area contributed by atoms with Crippen molar-refractivity contribution in [1.29, 1.82) is 0 Å². The molecule has 0 radical (unpaired) electrons. The van der Waals surface area contributed by atoms with Crippen LogP contribution in [0.3, 0.4) is 0 Å². The zero-order valence-corrected chi connectivity index (χ0v) is 18.0. The van der Waals surface area contributed by atoms with Crippen molar-refractivity contribution in [2.24, 2.45) is 7.05 Å². The monoisotopic (exact) mass is 422 g/mol. The number of anilines is 1. The topological polar surface area (TPSA) is 79.1 Å². The maximum Gasteiger partial charge on any atom is 0.151 e. The van der Waals surface area contributed by atoms with Crippen LogP contribution in [0, 0.1) is 0 Å². The highest BCUT2D eigenvalue weighted by Crippen LogP contribution is 2.39. The summed E-state index contributed by atoms with van der Waals surface area (Å²) in [6, 6.07) is 8.80. The Morgan fingerprint density at radius 1 is 1.23 bits per heavy atom. The number of phenols is 1. The van der Waals surface area contributed by atoms with Gasteiger partial charge >= 0.3 is 0 Å². The lowest BCUT2D eigenvalue weighted by atomic mass is 9.87. The van der Waals surface area contributed by atoms with E-state index in [4.69, 9.17) is 0 Å². The van der Waals surface area contributed by atoms with Crippen molar-refractivity contribution < 1.29 is 9.50 Å². The molecule has 4 heterocycles. The minimum Gasteiger partial charge on any atom is -0.507 e. The lowest BCUT2D eigenvalue weighted by molar-refractivity contribution is 0.144. The van der Waals surface area contributed by atoms with Crippen LogP contribution in [0.2, 0.25) is 0 Å². The maximum absolute atomic E-state index is 15.0. The number of nitrogens with zero attached hydrogens (tertiary/aromatic N) is 5. The number of fused-ring (bicyclic) bond motifs is 2. The van der Waals surface area contributed by atoms with Crippen molar-refractivity contribution in [3.8, 4) is 28.1 Å². The Hall–Kier alpha value is -3.00. The van der Waals surface area contributed by atoms with Crippen LogP contribution in [0.4, 0.5) is 10.2 Å². The normalized spacial score (nSPS) is 27.4. The average Bonchev–Trinajstić information content (AvgIpc) is 3.34. The fourth-order valence-electron chi connectivity index (χ4n) is 4.98. The molecule has 162 valence electrons. The summed E-state index contributed by atoms with van der Waals surface area (Å²) in [5, 5.41) is 26.8. The van der Waals surface area contributed by atoms with Crippen molar-refractivity contribution in [3.63, 3.8) is 0 Å². The Kier molecular flexibility index (Phi) is 4.69. The highest BCUT2D eigenvalue weighted by molar-refractivity contribution is 5.74. The third-order valence-electron chi connectivity index (χ3n) is 6.77. The van der Waals surface area contributed by atoms with E-state index in [0.717, 1.165) is 30.4 Å². The van der Waals surface area contributed by atoms with Gasteiger partial charge in [0.2, 0.25) is 0 Å². The first-order chi connectivity index (χ1) is 14.8. The lowest BCUT2D eigenvalue weighted by Crippen LogP contribution is -2.60. The van der Waals surface area contributed by atoms with Crippen LogP contribution in [0.15, 0.2) is 42.7 Å². The molecule has 2 N–H and O–H groups in total. The second-order valence-corrected chi connectivity index (χ2v) is 9.09. The predicted octanol–water partition coefficient (Wildman–Crippen LogP) is 3.31. The first kappa shape index (κ1) is 19.9. The molecule has 2 fully saturated rings. The molecule has 1 unspecified atom stereocenters. The highest BCUT2D eigenvalue weighted by atomic mass is 19.1. The summed E-state index contributed by atoms with van der Waals surface area (Å²) in [6.45, 7) is 2.17. The van der Waals surface area contributed by atoms with E-state index in [9.17, 15) is 5.11 Å². The Labute approximate surface area is 180 Å². The Morgan fingerprint density at radius 3 is 2.74 bits per heavy atom. The lowest BCUT2D eigenvalue weighted by Gasteiger charge is -2.43. The zero-order chi connectivity index (χ0) is 21.8. The van der Waals surface area contributed by atoms with E-state index in [2.05, 4.69) is 27.5 Å². The number of rotatable bonds is 4. The number of alkyl halides is 1. The van der Waals surface area contributed by atoms with Crippen LogP contribution in [0.5, 0.6) is 5.75 Å². The fourth-order valence-corrected chi connectivity index (χ4v) is 4.98. The van der Waals surface area contributed by atoms with Gasteiger partial charge in [-0.3, -0.25) is 4.68 Å². The Morgan fingerprint density at radius 2 is 2.06 bits per heavy atom. The molecule has 31 heavy (non-hydrogen) atoms. The number of phenolic OH excluding ortho intramolecular Hbond substituents is 1. The number of benzene rings is 1. The van der Waals surface area contributed by atoms with E-state index in [0.29, 0.717) is 17.1 Å². The van der Waals surface area contributed by atoms with Crippen molar-refractivity contribution in [1.82, 2.24) is 25.3 Å². The minimum absolute atomic E-state index is 0.0125. The summed E-state index contributed by atoms with van der Waals surface area (Å²) in [7, 11) is 3.74. The third-order valence-corrected chi connectivity index (χ3v) is 6.77. The van der Waals surface area contributed by atoms with Gasteiger partial charge in [-0.25, -0.2) is 4.39 Å². The molecule has 2 bridgehead atoms. The van der Waals surface area contributed by atoms with E-state index in [1.807, 2.05) is 49.5 Å². The minimum atomic E-state index is -0.939. The average molecular weight is 423 g/mol. The summed E-state index contributed by atoms with van der Waals surface area (Å²) in [4.78, 5) is 1.91. The Balaban J connectivity index is 1.36. The zero-order valence-electron chi connectivity index (χ0n) is 18.0. The highest BCUT2D eigenvalue weighted by Gasteiger charge is 2.49. The van der Waals surface area contributed by atoms with Gasteiger partial charge in [-0.2, -0.15) is 5.10 Å². The molecule has 1 aromatic carbocycles. The van der Waals surface area contributed by atoms with Crippen molar-refractivity contribution >= 4 is 5.82 Å². The molecular weight excluding hydrogens is 395 g/mol. The molecule has 3 aromatic rings. The van der Waals surface area contributed by atoms with E-state index < -0.39 is 6.17 Å². The molecule has 4 atom stereocenters. The molecule has 2 aromatic heterocycles. The number of aromatic nitrogens is 4. The van der Waals surface area contributed by atoms with Crippen molar-refractivity contribution in [3.05, 3.63) is 42.7 Å². The van der Waals surface area contributed by atoms with Gasteiger partial charge in [0.05, 0.1) is 17.9 Å². The smallest absolute Gasteiger partial charge is 0.151 e. The summed E-state index contributed by atoms with van der Waals surface area (Å²) in [5.41, 5.74) is 2.97. The van der Waals surface area contributed by atoms with Crippen molar-refractivity contribution in [2.45, 2.75) is 50.0 Å². The standard InChI is InChI=1S/C23H27FN6O/c1-23-9-8-18(26-23)22(24)19(11-23)30(3)21-7-6-17(27-28-21)16-5-4-14(10-20(16)31)15-12-25-29(2)13-15/h4-7,10,12-13,18-19,22,26,31H,8-9,11H2,1-3H3/t18?,19-,22+,23-/m0/s1. The van der Waals surface area contributed by atoms with Gasteiger partial charge in [0.15, 0.2) is 5.82 Å². The van der Waals surface area contributed by atoms with Crippen LogP contribution < -0.4 is 10.2 Å². The van der Waals surface area contributed by atoms with E-state index in [1.165, 1.54) is 0 Å². The Bertz CT molecular complexity index is 1100. The summed E-state index contributed by atoms with van der Waals surface area (Å²) in [5.74, 6) is 0.760. The van der Waals surface area contributed by atoms with Gasteiger partial charge in [0, 0.05) is 43.0 Å². The molecule has 8 heteroatoms. The van der Waals surface area contributed by atoms with Gasteiger partial charge in [-0.1, -0.05) is 6.07 Å². The van der Waals surface area contributed by atoms with E-state index in [1.54, 1.807) is 16.9 Å². The number of hydrogen-bond donors (Lipinski definition) is 2. The van der Waals surface area contributed by atoms with Crippen LogP contribution in [-0.2, 0) is 7.05 Å². The second kappa shape index (κ2) is 7.30. The van der Waals surface area contributed by atoms with Crippen LogP contribution in [0.1, 0.15) is 26.2 Å². The van der Waals surface area contributed by atoms with Crippen molar-refractivity contribution in [2.75, 3.05) is 11.9 Å². The molecule has 2 aliphatic rings. The van der Waals surface area contributed by atoms with Gasteiger partial charge in [-0.15, -0.1) is 10.2 Å². The SMILES string of the molecule is CN(c1ccc(-c2ccc(-c3cnn(C)c3)cc2O)nn1)[C@H]1C[C@]2(C)CCC(N2)[C@H]1F. The molecule has 0 aliphatic carbocycles. The number of piperidine rings is 1. The van der Waals surface area contributed by atoms with E-state index >= 15 is 4.39 Å². The molecule has 0 saturated carbocycles. The molecule has 5 rings (SSSR count). The number of aryl methyl sites for hydroxylation is 1. The van der Waals surface area contributed by atoms with Gasteiger partial charge in [0.25, 0.3) is 0 Å². The molecule has 0 spiro atoms. The van der Waals surface area contributed by atoms with E-state index in [-0.39, 0.29) is 23.4 Å². The summed E-state index contributed by atoms with van der Waals surface area (Å²) < 4.78 is 16.8. The number of hydrogen-bond acceptors (Lipinski definition) is 6. The second-order valence-electron chi connectivity index (χ2n) is 9.09. The first-order valence-electron chi connectivity index (χ1n) is 10.6. The maximum atomic E-state index is 15.0. The van der Waals surface area contributed by atoms with Gasteiger partial charge in [-0.05, 0) is 56.0 Å². The third kappa shape index (κ3) is 3.54. The molecule has 2 saturated heterocycles. The number of aromatic hydroxyl groups is 1. The van der Waals surface area contributed by atoms with Gasteiger partial charge < -0.3 is 15.3 Å². The molecule has 2 aliphatic heterocycles. The van der Waals surface area contributed by atoms with Crippen LogP contribution in [0.25, 0.3) is 22.4 Å². The fraction of sp³-hybridized carbons (Fsp3) is 0.435. The largest absolute Gasteiger partial charge is 0.507 e. The van der Waals surface area contributed by atoms with Crippen LogP contribution >= 0.6 is 0 Å². The predicted molar refractivity (Wildman–Crippen MR) is 118 cm³/mol. The van der Waals surface area contributed by atoms with Crippen LogP contribution in [-0.4, -0.2) is 55.9 Å². The molecular formula is C23H27FN6O. The molecule has 0 amide bonds. The number of nitrogens with one attached hydrogen (secondary N) is 1.